The molecule has 3 rings (SSSR count). The van der Waals surface area contributed by atoms with E-state index >= 15 is 0 Å². The standard InChI is InChI=1S/C17H15NO6S2/c1-11-6-8-12(9-7-11)25(20,21)18-17-14-5-3-2-4-13(14)16(10-15(17)19)26(22,23)24/h2-10,18-19H,1H3,(H,22,23,24)/p-1. The molecule has 0 amide bonds. The number of sulfonamides is 1. The van der Waals surface area contributed by atoms with Gasteiger partial charge >= 0.3 is 0 Å². The fourth-order valence-electron chi connectivity index (χ4n) is 2.55. The molecule has 0 fully saturated rings. The Balaban J connectivity index is 2.20. The fraction of sp³-hybridized carbons (Fsp3) is 0.0588. The second kappa shape index (κ2) is 6.27. The molecule has 0 spiro atoms. The second-order valence-corrected chi connectivity index (χ2v) is 8.72. The smallest absolute Gasteiger partial charge is 0.262 e. The topological polar surface area (TPSA) is 124 Å². The van der Waals surface area contributed by atoms with Crippen molar-refractivity contribution in [2.45, 2.75) is 16.7 Å². The van der Waals surface area contributed by atoms with E-state index in [1.165, 1.54) is 36.4 Å². The molecule has 0 saturated carbocycles. The number of fused-ring (bicyclic) bond motifs is 1. The number of benzene rings is 3. The van der Waals surface area contributed by atoms with Crippen LogP contribution in [0.25, 0.3) is 10.8 Å². The van der Waals surface area contributed by atoms with Gasteiger partial charge in [-0.15, -0.1) is 0 Å². The van der Waals surface area contributed by atoms with Crippen LogP contribution < -0.4 is 4.72 Å². The summed E-state index contributed by atoms with van der Waals surface area (Å²) in [5.41, 5.74) is 0.677. The van der Waals surface area contributed by atoms with Crippen LogP contribution in [-0.2, 0) is 20.1 Å². The van der Waals surface area contributed by atoms with E-state index in [4.69, 9.17) is 0 Å². The van der Waals surface area contributed by atoms with Gasteiger partial charge < -0.3 is 9.66 Å². The molecule has 9 heteroatoms. The summed E-state index contributed by atoms with van der Waals surface area (Å²) in [6.45, 7) is 1.81. The van der Waals surface area contributed by atoms with Crippen LogP contribution in [0.2, 0.25) is 0 Å². The zero-order valence-corrected chi connectivity index (χ0v) is 15.1. The minimum Gasteiger partial charge on any atom is -0.744 e. The van der Waals surface area contributed by atoms with E-state index < -0.39 is 30.8 Å². The average Bonchev–Trinajstić information content (AvgIpc) is 2.56. The van der Waals surface area contributed by atoms with Crippen molar-refractivity contribution in [1.29, 1.82) is 0 Å². The lowest BCUT2D eigenvalue weighted by Crippen LogP contribution is -2.14. The molecule has 0 aliphatic carbocycles. The number of aryl methyl sites for hydroxylation is 1. The maximum absolute atomic E-state index is 12.6. The number of nitrogens with one attached hydrogen (secondary N) is 1. The average molecular weight is 392 g/mol. The molecule has 0 saturated heterocycles. The summed E-state index contributed by atoms with van der Waals surface area (Å²) in [4.78, 5) is -0.643. The highest BCUT2D eigenvalue weighted by atomic mass is 32.2. The van der Waals surface area contributed by atoms with Crippen molar-refractivity contribution in [3.8, 4) is 5.75 Å². The Hall–Kier alpha value is -2.62. The minimum atomic E-state index is -4.86. The molecule has 0 aliphatic heterocycles. The van der Waals surface area contributed by atoms with Crippen LogP contribution in [0.3, 0.4) is 0 Å². The van der Waals surface area contributed by atoms with Crippen molar-refractivity contribution in [2.75, 3.05) is 4.72 Å². The Labute approximate surface area is 150 Å². The highest BCUT2D eigenvalue weighted by Gasteiger charge is 2.20. The first-order chi connectivity index (χ1) is 12.1. The number of anilines is 1. The number of aromatic hydroxyl groups is 1. The highest BCUT2D eigenvalue weighted by Crippen LogP contribution is 2.38. The van der Waals surface area contributed by atoms with Crippen LogP contribution >= 0.6 is 0 Å². The zero-order valence-electron chi connectivity index (χ0n) is 13.5. The summed E-state index contributed by atoms with van der Waals surface area (Å²) in [7, 11) is -8.89. The Kier molecular flexibility index (Phi) is 4.39. The van der Waals surface area contributed by atoms with Crippen molar-refractivity contribution in [3.05, 3.63) is 60.2 Å². The van der Waals surface area contributed by atoms with Crippen LogP contribution in [-0.4, -0.2) is 26.5 Å². The molecule has 7 nitrogen and oxygen atoms in total. The summed E-state index contributed by atoms with van der Waals surface area (Å²) in [5, 5.41) is 10.3. The maximum Gasteiger partial charge on any atom is 0.262 e. The zero-order chi connectivity index (χ0) is 19.1. The molecular weight excluding hydrogens is 378 g/mol. The van der Waals surface area contributed by atoms with Crippen LogP contribution in [0.4, 0.5) is 5.69 Å². The maximum atomic E-state index is 12.6. The lowest BCUT2D eigenvalue weighted by Gasteiger charge is -2.17. The molecule has 0 heterocycles. The largest absolute Gasteiger partial charge is 0.744 e. The third kappa shape index (κ3) is 3.36. The van der Waals surface area contributed by atoms with Gasteiger partial charge in [-0.3, -0.25) is 4.72 Å². The molecule has 0 radical (unpaired) electrons. The van der Waals surface area contributed by atoms with E-state index in [1.54, 1.807) is 12.1 Å². The summed E-state index contributed by atoms with van der Waals surface area (Å²) < 4.78 is 61.8. The Morgan fingerprint density at radius 2 is 1.50 bits per heavy atom. The van der Waals surface area contributed by atoms with Crippen LogP contribution in [0.15, 0.2) is 64.4 Å². The lowest BCUT2D eigenvalue weighted by molar-refractivity contribution is 0.458. The number of hydrogen-bond donors (Lipinski definition) is 2. The fourth-order valence-corrected chi connectivity index (χ4v) is 4.35. The summed E-state index contributed by atoms with van der Waals surface area (Å²) in [6, 6.07) is 12.6. The predicted octanol–water partition coefficient (Wildman–Crippen LogP) is 2.56. The first-order valence-corrected chi connectivity index (χ1v) is 10.3. The molecular formula is C17H14NO6S2-. The first-order valence-electron chi connectivity index (χ1n) is 7.40. The van der Waals surface area contributed by atoms with Crippen molar-refractivity contribution < 1.29 is 26.5 Å². The monoisotopic (exact) mass is 392 g/mol. The van der Waals surface area contributed by atoms with E-state index in [9.17, 15) is 26.5 Å². The molecule has 136 valence electrons. The molecule has 0 bridgehead atoms. The third-order valence-corrected chi connectivity index (χ3v) is 6.06. The van der Waals surface area contributed by atoms with Crippen LogP contribution in [0.5, 0.6) is 5.75 Å². The lowest BCUT2D eigenvalue weighted by atomic mass is 10.1. The van der Waals surface area contributed by atoms with Gasteiger partial charge in [0.1, 0.15) is 15.9 Å². The normalized spacial score (nSPS) is 12.2. The predicted molar refractivity (Wildman–Crippen MR) is 95.6 cm³/mol. The Morgan fingerprint density at radius 3 is 2.08 bits per heavy atom. The molecule has 2 N–H and O–H groups in total. The van der Waals surface area contributed by atoms with Gasteiger partial charge in [-0.2, -0.15) is 0 Å². The van der Waals surface area contributed by atoms with Crippen molar-refractivity contribution in [3.63, 3.8) is 0 Å². The molecule has 26 heavy (non-hydrogen) atoms. The van der Waals surface area contributed by atoms with E-state index in [0.29, 0.717) is 0 Å². The van der Waals surface area contributed by atoms with E-state index in [0.717, 1.165) is 11.6 Å². The third-order valence-electron chi connectivity index (χ3n) is 3.82. The van der Waals surface area contributed by atoms with Gasteiger partial charge in [0.05, 0.1) is 15.5 Å². The molecule has 0 aliphatic rings. The van der Waals surface area contributed by atoms with Gasteiger partial charge in [-0.05, 0) is 19.1 Å². The molecule has 0 unspecified atom stereocenters. The molecule has 0 atom stereocenters. The summed E-state index contributed by atoms with van der Waals surface area (Å²) in [5.74, 6) is -0.659. The van der Waals surface area contributed by atoms with Crippen LogP contribution in [0, 0.1) is 6.92 Å². The SMILES string of the molecule is Cc1ccc(S(=O)(=O)Nc2c(O)cc(S(=O)(=O)[O-])c3ccccc23)cc1. The van der Waals surface area contributed by atoms with E-state index in [1.807, 2.05) is 6.92 Å². The minimum absolute atomic E-state index is 0.0157. The summed E-state index contributed by atoms with van der Waals surface area (Å²) >= 11 is 0. The van der Waals surface area contributed by atoms with Gasteiger partial charge in [0.25, 0.3) is 10.0 Å². The van der Waals surface area contributed by atoms with Gasteiger partial charge in [-0.25, -0.2) is 16.8 Å². The van der Waals surface area contributed by atoms with Crippen molar-refractivity contribution in [1.82, 2.24) is 0 Å². The molecule has 0 aromatic heterocycles. The van der Waals surface area contributed by atoms with Crippen molar-refractivity contribution >= 4 is 36.6 Å². The van der Waals surface area contributed by atoms with Gasteiger partial charge in [-0.1, -0.05) is 42.0 Å². The van der Waals surface area contributed by atoms with Gasteiger partial charge in [0.2, 0.25) is 0 Å². The van der Waals surface area contributed by atoms with E-state index in [2.05, 4.69) is 4.72 Å². The highest BCUT2D eigenvalue weighted by molar-refractivity contribution is 7.92. The second-order valence-electron chi connectivity index (χ2n) is 5.69. The van der Waals surface area contributed by atoms with E-state index in [-0.39, 0.29) is 21.4 Å². The quantitative estimate of drug-likeness (QED) is 0.519. The number of phenolic OH excluding ortho intramolecular Hbond substituents is 1. The number of phenols is 1. The van der Waals surface area contributed by atoms with Gasteiger partial charge in [0.15, 0.2) is 0 Å². The number of hydrogen-bond acceptors (Lipinski definition) is 6. The Morgan fingerprint density at radius 1 is 0.923 bits per heavy atom. The Bertz CT molecular complexity index is 1200. The van der Waals surface area contributed by atoms with Crippen LogP contribution in [0.1, 0.15) is 5.56 Å². The number of rotatable bonds is 4. The van der Waals surface area contributed by atoms with Gasteiger partial charge in [0, 0.05) is 16.8 Å². The van der Waals surface area contributed by atoms with Crippen molar-refractivity contribution in [2.24, 2.45) is 0 Å². The first kappa shape index (κ1) is 18.2. The molecule has 3 aromatic rings. The molecule has 3 aromatic carbocycles. The summed E-state index contributed by atoms with van der Waals surface area (Å²) in [6.07, 6.45) is 0.